The third-order valence-electron chi connectivity index (χ3n) is 4.73. The largest absolute Gasteiger partial charge is 0.359 e. The van der Waals surface area contributed by atoms with Gasteiger partial charge in [0, 0.05) is 29.9 Å². The van der Waals surface area contributed by atoms with Gasteiger partial charge in [-0.15, -0.1) is 0 Å². The summed E-state index contributed by atoms with van der Waals surface area (Å²) in [6.07, 6.45) is 3.38. The number of aryl methyl sites for hydroxylation is 1. The summed E-state index contributed by atoms with van der Waals surface area (Å²) in [7, 11) is 0. The van der Waals surface area contributed by atoms with E-state index in [2.05, 4.69) is 10.1 Å². The number of H-pyrrole nitrogens is 1. The van der Waals surface area contributed by atoms with Crippen molar-refractivity contribution in [3.05, 3.63) is 76.0 Å². The number of rotatable bonds is 3. The van der Waals surface area contributed by atoms with Gasteiger partial charge in [-0.3, -0.25) is 9.59 Å². The monoisotopic (exact) mass is 349 g/mol. The summed E-state index contributed by atoms with van der Waals surface area (Å²) >= 11 is 0. The van der Waals surface area contributed by atoms with Gasteiger partial charge in [0.25, 0.3) is 11.5 Å². The molecule has 6 nitrogen and oxygen atoms in total. The molecule has 0 saturated carbocycles. The van der Waals surface area contributed by atoms with E-state index in [9.17, 15) is 9.59 Å². The van der Waals surface area contributed by atoms with E-state index in [0.717, 1.165) is 29.9 Å². The fourth-order valence-electron chi connectivity index (χ4n) is 3.48. The fraction of sp³-hybridized carbons (Fsp3) is 0.250. The van der Waals surface area contributed by atoms with Crippen LogP contribution in [0, 0.1) is 6.92 Å². The molecule has 0 spiro atoms. The van der Waals surface area contributed by atoms with Crippen LogP contribution in [0.3, 0.4) is 0 Å². The summed E-state index contributed by atoms with van der Waals surface area (Å²) in [6.45, 7) is 2.55. The first-order chi connectivity index (χ1) is 12.6. The number of likely N-dealkylation sites (tertiary alicyclic amines) is 1. The maximum Gasteiger partial charge on any atom is 0.255 e. The van der Waals surface area contributed by atoms with Gasteiger partial charge < -0.3 is 14.4 Å². The highest BCUT2D eigenvalue weighted by Gasteiger charge is 2.33. The molecule has 0 radical (unpaired) electrons. The maximum atomic E-state index is 13.1. The van der Waals surface area contributed by atoms with Crippen molar-refractivity contribution < 1.29 is 9.32 Å². The molecule has 1 aliphatic rings. The van der Waals surface area contributed by atoms with Gasteiger partial charge in [-0.25, -0.2) is 0 Å². The second-order valence-electron chi connectivity index (χ2n) is 6.52. The van der Waals surface area contributed by atoms with Crippen molar-refractivity contribution in [2.45, 2.75) is 25.8 Å². The summed E-state index contributed by atoms with van der Waals surface area (Å²) in [6, 6.07) is 12.5. The zero-order valence-corrected chi connectivity index (χ0v) is 14.4. The second-order valence-corrected chi connectivity index (χ2v) is 6.52. The van der Waals surface area contributed by atoms with Crippen LogP contribution in [-0.4, -0.2) is 27.5 Å². The number of benzene rings is 1. The number of amides is 1. The first-order valence-corrected chi connectivity index (χ1v) is 8.66. The molecule has 1 fully saturated rings. The first kappa shape index (κ1) is 16.3. The molecule has 1 saturated heterocycles. The predicted molar refractivity (Wildman–Crippen MR) is 96.8 cm³/mol. The van der Waals surface area contributed by atoms with Crippen LogP contribution in [0.15, 0.2) is 58.0 Å². The Balaban J connectivity index is 1.65. The fourth-order valence-corrected chi connectivity index (χ4v) is 3.48. The molecular weight excluding hydrogens is 330 g/mol. The average molecular weight is 349 g/mol. The van der Waals surface area contributed by atoms with Crippen molar-refractivity contribution in [1.82, 2.24) is 15.0 Å². The van der Waals surface area contributed by atoms with E-state index < -0.39 is 0 Å². The number of carbonyl (C=O) groups is 1. The minimum atomic E-state index is -0.173. The number of pyridine rings is 1. The van der Waals surface area contributed by atoms with Crippen LogP contribution >= 0.6 is 0 Å². The Morgan fingerprint density at radius 3 is 2.92 bits per heavy atom. The van der Waals surface area contributed by atoms with Crippen LogP contribution in [0.2, 0.25) is 0 Å². The van der Waals surface area contributed by atoms with Gasteiger partial charge in [-0.2, -0.15) is 0 Å². The van der Waals surface area contributed by atoms with Crippen molar-refractivity contribution in [2.75, 3.05) is 6.54 Å². The van der Waals surface area contributed by atoms with Crippen molar-refractivity contribution in [1.29, 1.82) is 0 Å². The Labute approximate surface area is 150 Å². The molecule has 1 amide bonds. The molecule has 132 valence electrons. The van der Waals surface area contributed by atoms with Gasteiger partial charge in [0.05, 0.1) is 11.7 Å². The third-order valence-corrected chi connectivity index (χ3v) is 4.73. The number of hydrogen-bond donors (Lipinski definition) is 1. The lowest BCUT2D eigenvalue weighted by atomic mass is 10.0. The van der Waals surface area contributed by atoms with E-state index in [1.807, 2.05) is 24.0 Å². The van der Waals surface area contributed by atoms with Gasteiger partial charge in [0.15, 0.2) is 5.76 Å². The molecule has 1 aliphatic heterocycles. The third kappa shape index (κ3) is 2.94. The summed E-state index contributed by atoms with van der Waals surface area (Å²) in [4.78, 5) is 29.6. The lowest BCUT2D eigenvalue weighted by Gasteiger charge is -2.23. The van der Waals surface area contributed by atoms with Crippen LogP contribution in [0.4, 0.5) is 0 Å². The minimum Gasteiger partial charge on any atom is -0.359 e. The average Bonchev–Trinajstić information content (AvgIpc) is 3.30. The minimum absolute atomic E-state index is 0.0595. The molecule has 26 heavy (non-hydrogen) atoms. The van der Waals surface area contributed by atoms with E-state index in [0.29, 0.717) is 17.7 Å². The number of hydrogen-bond acceptors (Lipinski definition) is 4. The summed E-state index contributed by atoms with van der Waals surface area (Å²) in [5, 5.41) is 3.94. The molecule has 3 heterocycles. The van der Waals surface area contributed by atoms with Crippen molar-refractivity contribution >= 4 is 5.91 Å². The van der Waals surface area contributed by atoms with Gasteiger partial charge >= 0.3 is 0 Å². The second kappa shape index (κ2) is 6.63. The Kier molecular flexibility index (Phi) is 4.16. The molecule has 0 aliphatic carbocycles. The van der Waals surface area contributed by atoms with E-state index >= 15 is 0 Å². The van der Waals surface area contributed by atoms with Crippen LogP contribution in [0.1, 0.15) is 40.7 Å². The van der Waals surface area contributed by atoms with E-state index in [4.69, 9.17) is 4.52 Å². The molecule has 1 aromatic carbocycles. The molecule has 2 aromatic heterocycles. The topological polar surface area (TPSA) is 79.2 Å². The first-order valence-electron chi connectivity index (χ1n) is 8.66. The predicted octanol–water partition coefficient (Wildman–Crippen LogP) is 3.32. The smallest absolute Gasteiger partial charge is 0.255 e. The number of nitrogens with one attached hydrogen (secondary N) is 1. The SMILES string of the molecule is Cc1cc([C@H]2CCCN2C(=O)c2cccc(-c3ccc[nH]c3=O)c2)on1. The summed E-state index contributed by atoms with van der Waals surface area (Å²) < 4.78 is 5.38. The molecule has 6 heteroatoms. The molecule has 0 unspecified atom stereocenters. The lowest BCUT2D eigenvalue weighted by molar-refractivity contribution is 0.0714. The highest BCUT2D eigenvalue weighted by atomic mass is 16.5. The van der Waals surface area contributed by atoms with Gasteiger partial charge in [0.1, 0.15) is 0 Å². The normalized spacial score (nSPS) is 16.8. The number of aromatic amines is 1. The number of aromatic nitrogens is 2. The summed E-state index contributed by atoms with van der Waals surface area (Å²) in [5.74, 6) is 0.666. The standard InChI is InChI=1S/C20H19N3O3/c1-13-11-18(26-22-13)17-8-4-10-23(17)20(25)15-6-2-5-14(12-15)16-7-3-9-21-19(16)24/h2-3,5-7,9,11-12,17H,4,8,10H2,1H3,(H,21,24)/t17-/m1/s1. The lowest BCUT2D eigenvalue weighted by Crippen LogP contribution is -2.30. The molecule has 4 rings (SSSR count). The molecular formula is C20H19N3O3. The van der Waals surface area contributed by atoms with Gasteiger partial charge in [0.2, 0.25) is 0 Å². The van der Waals surface area contributed by atoms with E-state index in [1.54, 1.807) is 36.5 Å². The zero-order valence-electron chi connectivity index (χ0n) is 14.4. The highest BCUT2D eigenvalue weighted by Crippen LogP contribution is 2.33. The maximum absolute atomic E-state index is 13.1. The zero-order chi connectivity index (χ0) is 18.1. The van der Waals surface area contributed by atoms with Crippen molar-refractivity contribution in [3.63, 3.8) is 0 Å². The Morgan fingerprint density at radius 2 is 2.15 bits per heavy atom. The van der Waals surface area contributed by atoms with Crippen LogP contribution in [0.25, 0.3) is 11.1 Å². The quantitative estimate of drug-likeness (QED) is 0.787. The number of carbonyl (C=O) groups excluding carboxylic acids is 1. The van der Waals surface area contributed by atoms with Crippen LogP contribution in [0.5, 0.6) is 0 Å². The molecule has 3 aromatic rings. The number of nitrogens with zero attached hydrogens (tertiary/aromatic N) is 2. The molecule has 1 N–H and O–H groups in total. The Morgan fingerprint density at radius 1 is 1.27 bits per heavy atom. The van der Waals surface area contributed by atoms with E-state index in [1.165, 1.54) is 0 Å². The van der Waals surface area contributed by atoms with Crippen molar-refractivity contribution in [2.24, 2.45) is 0 Å². The summed E-state index contributed by atoms with van der Waals surface area (Å²) in [5.41, 5.74) is 2.47. The van der Waals surface area contributed by atoms with Gasteiger partial charge in [-0.1, -0.05) is 17.3 Å². The van der Waals surface area contributed by atoms with Gasteiger partial charge in [-0.05, 0) is 49.6 Å². The molecule has 0 bridgehead atoms. The Hall–Kier alpha value is -3.15. The van der Waals surface area contributed by atoms with Crippen LogP contribution < -0.4 is 5.56 Å². The van der Waals surface area contributed by atoms with Crippen LogP contribution in [-0.2, 0) is 0 Å². The molecule has 1 atom stereocenters. The highest BCUT2D eigenvalue weighted by molar-refractivity contribution is 5.95. The van der Waals surface area contributed by atoms with E-state index in [-0.39, 0.29) is 17.5 Å². The Bertz CT molecular complexity index is 1010. The van der Waals surface area contributed by atoms with Crippen molar-refractivity contribution in [3.8, 4) is 11.1 Å².